The average molecular weight is 491 g/mol. The van der Waals surface area contributed by atoms with Crippen LogP contribution < -0.4 is 0 Å². The molecule has 35 heavy (non-hydrogen) atoms. The molecule has 0 amide bonds. The maximum atomic E-state index is 2.68. The van der Waals surface area contributed by atoms with Crippen LogP contribution in [0.3, 0.4) is 0 Å². The molecule has 0 saturated carbocycles. The van der Waals surface area contributed by atoms with Gasteiger partial charge in [-0.25, -0.2) is 0 Å². The third-order valence-electron chi connectivity index (χ3n) is 8.07. The lowest BCUT2D eigenvalue weighted by Gasteiger charge is -2.33. The van der Waals surface area contributed by atoms with Gasteiger partial charge < -0.3 is 9.80 Å². The molecule has 208 valence electrons. The highest BCUT2D eigenvalue weighted by atomic mass is 15.4. The Labute approximate surface area is 222 Å². The molecule has 0 aromatic carbocycles. The Morgan fingerprint density at radius 3 is 1.00 bits per heavy atom. The lowest BCUT2D eigenvalue weighted by Crippen LogP contribution is -2.39. The molecule has 1 unspecified atom stereocenters. The molecule has 0 bridgehead atoms. The Morgan fingerprint density at radius 2 is 0.657 bits per heavy atom. The van der Waals surface area contributed by atoms with E-state index < -0.39 is 0 Å². The van der Waals surface area contributed by atoms with Gasteiger partial charge in [0.2, 0.25) is 0 Å². The third kappa shape index (κ3) is 18.3. The summed E-state index contributed by atoms with van der Waals surface area (Å²) in [5.41, 5.74) is 0. The first-order chi connectivity index (χ1) is 17.3. The van der Waals surface area contributed by atoms with Crippen LogP contribution in [0, 0.1) is 0 Å². The number of hydrogen-bond acceptors (Lipinski definition) is 2. The Hall–Kier alpha value is -0.660. The highest BCUT2D eigenvalue weighted by Gasteiger charge is 2.24. The summed E-state index contributed by atoms with van der Waals surface area (Å²) >= 11 is 0. The van der Waals surface area contributed by atoms with Crippen LogP contribution in [0.15, 0.2) is 12.4 Å². The molecule has 2 heteroatoms. The summed E-state index contributed by atoms with van der Waals surface area (Å²) in [6, 6.07) is 0. The molecule has 0 radical (unpaired) electrons. The summed E-state index contributed by atoms with van der Waals surface area (Å²) in [6.45, 7) is 9.47. The molecular formula is C33H66N2. The average Bonchev–Trinajstić information content (AvgIpc) is 3.25. The van der Waals surface area contributed by atoms with Crippen molar-refractivity contribution >= 4 is 0 Å². The predicted molar refractivity (Wildman–Crippen MR) is 159 cm³/mol. The van der Waals surface area contributed by atoms with Crippen LogP contribution in [0.2, 0.25) is 0 Å². The first kappa shape index (κ1) is 32.4. The van der Waals surface area contributed by atoms with Gasteiger partial charge in [-0.15, -0.1) is 0 Å². The second-order valence-corrected chi connectivity index (χ2v) is 11.5. The Balaban J connectivity index is 2.10. The highest BCUT2D eigenvalue weighted by Crippen LogP contribution is 2.23. The maximum Gasteiger partial charge on any atom is 0.101 e. The van der Waals surface area contributed by atoms with E-state index in [1.807, 2.05) is 0 Å². The molecule has 0 fully saturated rings. The first-order valence-corrected chi connectivity index (χ1v) is 16.5. The third-order valence-corrected chi connectivity index (χ3v) is 8.07. The van der Waals surface area contributed by atoms with Crippen LogP contribution in [0.25, 0.3) is 0 Å². The fourth-order valence-corrected chi connectivity index (χ4v) is 5.66. The van der Waals surface area contributed by atoms with Crippen molar-refractivity contribution in [3.05, 3.63) is 12.4 Å². The Bertz CT molecular complexity index is 446. The molecule has 0 N–H and O–H groups in total. The van der Waals surface area contributed by atoms with Crippen molar-refractivity contribution in [2.24, 2.45) is 0 Å². The van der Waals surface area contributed by atoms with Crippen molar-refractivity contribution in [3.8, 4) is 0 Å². The monoisotopic (exact) mass is 491 g/mol. The Kier molecular flexibility index (Phi) is 23.1. The number of nitrogens with zero attached hydrogens (tertiary/aromatic N) is 2. The SMILES string of the molecule is CCCCCCCCCCCCCCCN1C=CN(CCCCCCCCCC)C1CCCCC. The summed E-state index contributed by atoms with van der Waals surface area (Å²) in [6.07, 6.45) is 41.0. The molecule has 0 aliphatic carbocycles. The van der Waals surface area contributed by atoms with Gasteiger partial charge in [-0.3, -0.25) is 0 Å². The molecular weight excluding hydrogens is 424 g/mol. The zero-order chi connectivity index (χ0) is 25.2. The van der Waals surface area contributed by atoms with Gasteiger partial charge in [-0.05, 0) is 25.7 Å². The quantitative estimate of drug-likeness (QED) is 0.106. The van der Waals surface area contributed by atoms with E-state index in [0.29, 0.717) is 6.17 Å². The molecule has 0 saturated heterocycles. The molecule has 0 spiro atoms. The van der Waals surface area contributed by atoms with E-state index in [1.54, 1.807) is 0 Å². The summed E-state index contributed by atoms with van der Waals surface area (Å²) in [5, 5.41) is 0. The van der Waals surface area contributed by atoms with Crippen LogP contribution in [-0.4, -0.2) is 29.1 Å². The van der Waals surface area contributed by atoms with Crippen molar-refractivity contribution in [2.45, 2.75) is 187 Å². The van der Waals surface area contributed by atoms with Crippen molar-refractivity contribution < 1.29 is 0 Å². The normalized spacial score (nSPS) is 15.6. The van der Waals surface area contributed by atoms with Gasteiger partial charge in [0, 0.05) is 25.5 Å². The van der Waals surface area contributed by atoms with Crippen LogP contribution in [0.5, 0.6) is 0 Å². The zero-order valence-corrected chi connectivity index (χ0v) is 24.7. The molecule has 1 aliphatic heterocycles. The van der Waals surface area contributed by atoms with Gasteiger partial charge in [-0.1, -0.05) is 156 Å². The van der Waals surface area contributed by atoms with Gasteiger partial charge in [0.25, 0.3) is 0 Å². The summed E-state index contributed by atoms with van der Waals surface area (Å²) in [5.74, 6) is 0. The minimum absolute atomic E-state index is 0.642. The molecule has 0 aromatic heterocycles. The van der Waals surface area contributed by atoms with E-state index in [4.69, 9.17) is 0 Å². The topological polar surface area (TPSA) is 6.48 Å². The van der Waals surface area contributed by atoms with E-state index in [1.165, 1.54) is 174 Å². The van der Waals surface area contributed by atoms with Crippen LogP contribution in [0.1, 0.15) is 181 Å². The summed E-state index contributed by atoms with van der Waals surface area (Å²) in [4.78, 5) is 5.36. The smallest absolute Gasteiger partial charge is 0.101 e. The van der Waals surface area contributed by atoms with Crippen LogP contribution >= 0.6 is 0 Å². The minimum Gasteiger partial charge on any atom is -0.356 e. The van der Waals surface area contributed by atoms with Crippen molar-refractivity contribution in [1.29, 1.82) is 0 Å². The van der Waals surface area contributed by atoms with E-state index in [2.05, 4.69) is 43.0 Å². The lowest BCUT2D eigenvalue weighted by molar-refractivity contribution is 0.135. The molecule has 1 heterocycles. The minimum atomic E-state index is 0.642. The van der Waals surface area contributed by atoms with E-state index in [-0.39, 0.29) is 0 Å². The molecule has 1 atom stereocenters. The first-order valence-electron chi connectivity index (χ1n) is 16.5. The molecule has 0 aromatic rings. The van der Waals surface area contributed by atoms with Gasteiger partial charge in [0.15, 0.2) is 0 Å². The standard InChI is InChI=1S/C33H66N2/c1-4-7-10-12-14-16-17-18-19-20-22-24-27-30-35-32-31-34(33(35)28-25-9-6-3)29-26-23-21-15-13-11-8-5-2/h31-33H,4-30H2,1-3H3. The maximum absolute atomic E-state index is 2.68. The van der Waals surface area contributed by atoms with E-state index in [9.17, 15) is 0 Å². The fraction of sp³-hybridized carbons (Fsp3) is 0.939. The van der Waals surface area contributed by atoms with Crippen LogP contribution in [0.4, 0.5) is 0 Å². The lowest BCUT2D eigenvalue weighted by atomic mass is 10.0. The largest absolute Gasteiger partial charge is 0.356 e. The van der Waals surface area contributed by atoms with E-state index >= 15 is 0 Å². The van der Waals surface area contributed by atoms with Crippen molar-refractivity contribution in [1.82, 2.24) is 9.80 Å². The van der Waals surface area contributed by atoms with Crippen molar-refractivity contribution in [2.75, 3.05) is 13.1 Å². The fourth-order valence-electron chi connectivity index (χ4n) is 5.66. The van der Waals surface area contributed by atoms with Crippen LogP contribution in [-0.2, 0) is 0 Å². The second kappa shape index (κ2) is 25.0. The Morgan fingerprint density at radius 1 is 0.371 bits per heavy atom. The second-order valence-electron chi connectivity index (χ2n) is 11.5. The summed E-state index contributed by atoms with van der Waals surface area (Å²) < 4.78 is 0. The number of rotatable bonds is 27. The molecule has 2 nitrogen and oxygen atoms in total. The van der Waals surface area contributed by atoms with Gasteiger partial charge in [0.05, 0.1) is 0 Å². The number of hydrogen-bond donors (Lipinski definition) is 0. The van der Waals surface area contributed by atoms with Gasteiger partial charge >= 0.3 is 0 Å². The summed E-state index contributed by atoms with van der Waals surface area (Å²) in [7, 11) is 0. The highest BCUT2D eigenvalue weighted by molar-refractivity contribution is 4.97. The van der Waals surface area contributed by atoms with Gasteiger partial charge in [0.1, 0.15) is 6.17 Å². The van der Waals surface area contributed by atoms with E-state index in [0.717, 1.165) is 0 Å². The van der Waals surface area contributed by atoms with Gasteiger partial charge in [-0.2, -0.15) is 0 Å². The predicted octanol–water partition coefficient (Wildman–Crippen LogP) is 11.2. The molecule has 1 aliphatic rings. The zero-order valence-electron chi connectivity index (χ0n) is 24.7. The van der Waals surface area contributed by atoms with Crippen molar-refractivity contribution in [3.63, 3.8) is 0 Å². The number of unbranched alkanes of at least 4 members (excludes halogenated alkanes) is 21. The molecule has 1 rings (SSSR count).